The molecule has 0 unspecified atom stereocenters. The van der Waals surface area contributed by atoms with Gasteiger partial charge in [0.05, 0.1) is 51.4 Å². The quantitative estimate of drug-likeness (QED) is 0.346. The zero-order valence-corrected chi connectivity index (χ0v) is 27.8. The number of nitrogens with zero attached hydrogens (tertiary/aromatic N) is 4. The van der Waals surface area contributed by atoms with E-state index in [0.29, 0.717) is 78.3 Å². The SMILES string of the molecule is Cc1cc(C[C@@H](CC(=O)N2CCC(N3CCc4ccccc4NC3=O)CC2)C(=O)N2CC[N+]([O-])(C3CCOCC3)CC2)cc(C)c1O. The van der Waals surface area contributed by atoms with E-state index in [-0.39, 0.29) is 46.7 Å². The molecule has 0 aliphatic carbocycles. The van der Waals surface area contributed by atoms with Crippen LogP contribution in [0, 0.1) is 25.0 Å². The summed E-state index contributed by atoms with van der Waals surface area (Å²) in [6, 6.07) is 11.6. The van der Waals surface area contributed by atoms with Gasteiger partial charge in [-0.1, -0.05) is 30.3 Å². The molecule has 3 fully saturated rings. The number of hydrogen-bond donors (Lipinski definition) is 2. The Morgan fingerprint density at radius 1 is 0.979 bits per heavy atom. The number of nitrogens with one attached hydrogen (secondary N) is 1. The molecule has 0 aromatic heterocycles. The van der Waals surface area contributed by atoms with E-state index in [0.717, 1.165) is 47.2 Å². The van der Waals surface area contributed by atoms with Gasteiger partial charge in [-0.2, -0.15) is 0 Å². The lowest BCUT2D eigenvalue weighted by Crippen LogP contribution is -2.63. The molecule has 4 aliphatic rings. The van der Waals surface area contributed by atoms with Gasteiger partial charge in [0.2, 0.25) is 11.8 Å². The molecule has 11 heteroatoms. The monoisotopic (exact) mass is 647 g/mol. The van der Waals surface area contributed by atoms with Gasteiger partial charge in [-0.3, -0.25) is 9.59 Å². The minimum absolute atomic E-state index is 0.0139. The summed E-state index contributed by atoms with van der Waals surface area (Å²) < 4.78 is 5.19. The third-order valence-electron chi connectivity index (χ3n) is 10.9. The summed E-state index contributed by atoms with van der Waals surface area (Å²) in [6.45, 7) is 8.08. The summed E-state index contributed by atoms with van der Waals surface area (Å²) in [5, 5.41) is 27.1. The molecule has 2 aromatic carbocycles. The molecule has 6 rings (SSSR count). The summed E-state index contributed by atoms with van der Waals surface area (Å²) >= 11 is 0. The fraction of sp³-hybridized carbons (Fsp3) is 0.583. The van der Waals surface area contributed by atoms with E-state index in [1.54, 1.807) is 4.90 Å². The lowest BCUT2D eigenvalue weighted by molar-refractivity contribution is -0.910. The van der Waals surface area contributed by atoms with Crippen LogP contribution in [0.15, 0.2) is 36.4 Å². The van der Waals surface area contributed by atoms with Crippen LogP contribution in [0.5, 0.6) is 5.75 Å². The van der Waals surface area contributed by atoms with Crippen LogP contribution < -0.4 is 5.32 Å². The molecule has 47 heavy (non-hydrogen) atoms. The second-order valence-corrected chi connectivity index (χ2v) is 13.9. The zero-order chi connectivity index (χ0) is 33.1. The number of carbonyl (C=O) groups is 3. The predicted octanol–water partition coefficient (Wildman–Crippen LogP) is 3.97. The molecule has 2 aromatic rings. The molecular formula is C36H49N5O6. The van der Waals surface area contributed by atoms with Crippen molar-refractivity contribution in [3.8, 4) is 5.75 Å². The topological polar surface area (TPSA) is 125 Å². The third-order valence-corrected chi connectivity index (χ3v) is 10.9. The number of para-hydroxylation sites is 1. The summed E-state index contributed by atoms with van der Waals surface area (Å²) in [4.78, 5) is 46.5. The van der Waals surface area contributed by atoms with Crippen molar-refractivity contribution >= 4 is 23.5 Å². The maximum Gasteiger partial charge on any atom is 0.322 e. The van der Waals surface area contributed by atoms with E-state index >= 15 is 0 Å². The van der Waals surface area contributed by atoms with Crippen molar-refractivity contribution in [3.63, 3.8) is 0 Å². The fourth-order valence-corrected chi connectivity index (χ4v) is 8.00. The number of anilines is 1. The van der Waals surface area contributed by atoms with Gasteiger partial charge in [0.25, 0.3) is 0 Å². The number of aryl methyl sites for hydroxylation is 2. The summed E-state index contributed by atoms with van der Waals surface area (Å²) in [7, 11) is 0. The Hall–Kier alpha value is -3.67. The van der Waals surface area contributed by atoms with Crippen LogP contribution in [0.1, 0.15) is 54.4 Å². The first-order valence-electron chi connectivity index (χ1n) is 17.3. The molecule has 0 saturated carbocycles. The Morgan fingerprint density at radius 3 is 2.32 bits per heavy atom. The van der Waals surface area contributed by atoms with E-state index in [1.165, 1.54) is 0 Å². The van der Waals surface area contributed by atoms with Crippen LogP contribution in [0.25, 0.3) is 0 Å². The Balaban J connectivity index is 1.10. The van der Waals surface area contributed by atoms with E-state index in [9.17, 15) is 24.7 Å². The smallest absolute Gasteiger partial charge is 0.322 e. The van der Waals surface area contributed by atoms with Gasteiger partial charge in [-0.05, 0) is 67.9 Å². The number of amides is 4. The summed E-state index contributed by atoms with van der Waals surface area (Å²) in [5.74, 6) is -0.481. The van der Waals surface area contributed by atoms with Crippen molar-refractivity contribution in [2.24, 2.45) is 5.92 Å². The number of carbonyl (C=O) groups excluding carboxylic acids is 3. The number of phenolic OH excluding ortho intramolecular Hbond substituents is 1. The Kier molecular flexibility index (Phi) is 10.1. The molecule has 4 heterocycles. The van der Waals surface area contributed by atoms with E-state index in [4.69, 9.17) is 4.74 Å². The number of ether oxygens (including phenoxy) is 1. The third kappa shape index (κ3) is 7.42. The van der Waals surface area contributed by atoms with Crippen LogP contribution in [0.4, 0.5) is 10.5 Å². The normalized spacial score (nSPS) is 21.5. The predicted molar refractivity (Wildman–Crippen MR) is 179 cm³/mol. The highest BCUT2D eigenvalue weighted by atomic mass is 16.6. The van der Waals surface area contributed by atoms with Crippen molar-refractivity contribution in [3.05, 3.63) is 63.9 Å². The standard InChI is InChI=1S/C36H49N5O6/c1-25-21-27(22-26(2)34(25)43)23-29(35(44)39-15-17-41(46,18-16-39)31-10-19-47-20-11-31)24-33(42)38-12-8-30(9-13-38)40-14-7-28-5-3-4-6-32(28)37-36(40)45/h3-6,21-22,29-31,43H,7-20,23-24H2,1-2H3,(H,37,45)/t29-/m0/s1. The average molecular weight is 648 g/mol. The number of benzene rings is 2. The summed E-state index contributed by atoms with van der Waals surface area (Å²) in [5.41, 5.74) is 4.37. The van der Waals surface area contributed by atoms with Gasteiger partial charge < -0.3 is 39.7 Å². The first-order valence-corrected chi connectivity index (χ1v) is 17.3. The van der Waals surface area contributed by atoms with Crippen LogP contribution in [0.2, 0.25) is 0 Å². The fourth-order valence-electron chi connectivity index (χ4n) is 8.00. The molecule has 0 bridgehead atoms. The number of urea groups is 1. The lowest BCUT2D eigenvalue weighted by Gasteiger charge is -2.54. The second-order valence-electron chi connectivity index (χ2n) is 13.9. The molecule has 3 saturated heterocycles. The van der Waals surface area contributed by atoms with Crippen molar-refractivity contribution in [1.29, 1.82) is 0 Å². The number of quaternary nitrogens is 1. The van der Waals surface area contributed by atoms with Gasteiger partial charge in [0.15, 0.2) is 0 Å². The molecule has 4 amide bonds. The number of phenols is 1. The number of hydroxylamine groups is 3. The number of hydrogen-bond acceptors (Lipinski definition) is 6. The number of aromatic hydroxyl groups is 1. The van der Waals surface area contributed by atoms with Crippen LogP contribution in [-0.2, 0) is 27.2 Å². The number of likely N-dealkylation sites (tertiary alicyclic amines) is 1. The average Bonchev–Trinajstić information content (AvgIpc) is 3.25. The highest BCUT2D eigenvalue weighted by molar-refractivity contribution is 5.91. The van der Waals surface area contributed by atoms with Gasteiger partial charge in [-0.25, -0.2) is 4.79 Å². The molecule has 11 nitrogen and oxygen atoms in total. The number of piperidine rings is 1. The molecule has 2 N–H and O–H groups in total. The van der Waals surface area contributed by atoms with E-state index in [2.05, 4.69) is 5.32 Å². The van der Waals surface area contributed by atoms with Gasteiger partial charge in [0, 0.05) is 50.6 Å². The Labute approximate surface area is 277 Å². The molecule has 0 spiro atoms. The number of rotatable bonds is 7. The van der Waals surface area contributed by atoms with E-state index in [1.807, 2.05) is 60.0 Å². The molecule has 254 valence electrons. The van der Waals surface area contributed by atoms with Gasteiger partial charge in [-0.15, -0.1) is 0 Å². The van der Waals surface area contributed by atoms with Crippen LogP contribution >= 0.6 is 0 Å². The summed E-state index contributed by atoms with van der Waals surface area (Å²) in [6.07, 6.45) is 4.12. The van der Waals surface area contributed by atoms with Gasteiger partial charge >= 0.3 is 6.03 Å². The molecule has 0 radical (unpaired) electrons. The lowest BCUT2D eigenvalue weighted by atomic mass is 9.91. The van der Waals surface area contributed by atoms with Crippen molar-refractivity contribution in [1.82, 2.24) is 14.7 Å². The van der Waals surface area contributed by atoms with Crippen LogP contribution in [0.3, 0.4) is 0 Å². The molecule has 4 aliphatic heterocycles. The highest BCUT2D eigenvalue weighted by Gasteiger charge is 2.38. The molecule has 1 atom stereocenters. The molecular weight excluding hydrogens is 598 g/mol. The van der Waals surface area contributed by atoms with Crippen LogP contribution in [-0.4, -0.2) is 113 Å². The van der Waals surface area contributed by atoms with E-state index < -0.39 is 5.92 Å². The highest BCUT2D eigenvalue weighted by Crippen LogP contribution is 2.30. The maximum absolute atomic E-state index is 14.1. The van der Waals surface area contributed by atoms with Crippen molar-refractivity contribution in [2.45, 2.75) is 70.9 Å². The van der Waals surface area contributed by atoms with Crippen molar-refractivity contribution < 1.29 is 28.9 Å². The minimum atomic E-state index is -0.576. The first kappa shape index (κ1) is 33.2. The zero-order valence-electron chi connectivity index (χ0n) is 27.8. The first-order chi connectivity index (χ1) is 22.6. The minimum Gasteiger partial charge on any atom is -0.632 e. The Bertz CT molecular complexity index is 1440. The maximum atomic E-state index is 14.1. The number of fused-ring (bicyclic) bond motifs is 1. The largest absolute Gasteiger partial charge is 0.632 e. The van der Waals surface area contributed by atoms with Gasteiger partial charge in [0.1, 0.15) is 5.75 Å². The second kappa shape index (κ2) is 14.2. The number of piperazine rings is 1. The van der Waals surface area contributed by atoms with Crippen molar-refractivity contribution in [2.75, 3.05) is 64.3 Å². The Morgan fingerprint density at radius 2 is 1.64 bits per heavy atom.